The first kappa shape index (κ1) is 15.1. The SMILES string of the molecule is CCC(C(=O)N1CC2CCCC2C1C(=O)O)c1ccccc1. The molecule has 1 aliphatic heterocycles. The Bertz CT molecular complexity index is 557. The number of amides is 1. The molecule has 0 aromatic heterocycles. The Labute approximate surface area is 131 Å². The number of carboxylic acid groups (broad SMARTS) is 1. The molecule has 2 fully saturated rings. The van der Waals surface area contributed by atoms with E-state index < -0.39 is 12.0 Å². The van der Waals surface area contributed by atoms with Crippen LogP contribution in [0.25, 0.3) is 0 Å². The van der Waals surface area contributed by atoms with Gasteiger partial charge >= 0.3 is 5.97 Å². The fraction of sp³-hybridized carbons (Fsp3) is 0.556. The summed E-state index contributed by atoms with van der Waals surface area (Å²) in [7, 11) is 0. The van der Waals surface area contributed by atoms with Gasteiger partial charge in [-0.15, -0.1) is 0 Å². The Morgan fingerprint density at radius 1 is 1.27 bits per heavy atom. The van der Waals surface area contributed by atoms with Crippen LogP contribution in [-0.2, 0) is 9.59 Å². The fourth-order valence-electron chi connectivity index (χ4n) is 4.29. The molecule has 1 amide bonds. The van der Waals surface area contributed by atoms with E-state index in [1.807, 2.05) is 37.3 Å². The molecule has 1 aliphatic carbocycles. The average molecular weight is 301 g/mol. The van der Waals surface area contributed by atoms with Gasteiger partial charge in [0.15, 0.2) is 0 Å². The van der Waals surface area contributed by atoms with Gasteiger partial charge in [-0.2, -0.15) is 0 Å². The smallest absolute Gasteiger partial charge is 0.326 e. The second-order valence-electron chi connectivity index (χ2n) is 6.50. The van der Waals surface area contributed by atoms with E-state index in [1.54, 1.807) is 4.90 Å². The van der Waals surface area contributed by atoms with E-state index in [4.69, 9.17) is 0 Å². The van der Waals surface area contributed by atoms with Gasteiger partial charge in [-0.25, -0.2) is 4.79 Å². The predicted molar refractivity (Wildman–Crippen MR) is 83.4 cm³/mol. The van der Waals surface area contributed by atoms with Crippen LogP contribution in [0, 0.1) is 11.8 Å². The summed E-state index contributed by atoms with van der Waals surface area (Å²) < 4.78 is 0. The quantitative estimate of drug-likeness (QED) is 0.930. The van der Waals surface area contributed by atoms with E-state index >= 15 is 0 Å². The van der Waals surface area contributed by atoms with Gasteiger partial charge in [0.05, 0.1) is 5.92 Å². The molecule has 0 radical (unpaired) electrons. The number of carbonyl (C=O) groups is 2. The van der Waals surface area contributed by atoms with Crippen LogP contribution in [-0.4, -0.2) is 34.5 Å². The fourth-order valence-corrected chi connectivity index (χ4v) is 4.29. The van der Waals surface area contributed by atoms with Gasteiger partial charge < -0.3 is 10.0 Å². The zero-order chi connectivity index (χ0) is 15.7. The number of fused-ring (bicyclic) bond motifs is 1. The summed E-state index contributed by atoms with van der Waals surface area (Å²) in [5, 5.41) is 9.61. The van der Waals surface area contributed by atoms with E-state index in [-0.39, 0.29) is 17.7 Å². The van der Waals surface area contributed by atoms with Crippen LogP contribution >= 0.6 is 0 Å². The molecule has 4 heteroatoms. The number of carboxylic acids is 1. The minimum absolute atomic E-state index is 0.0181. The number of hydrogen-bond acceptors (Lipinski definition) is 2. The highest BCUT2D eigenvalue weighted by Crippen LogP contribution is 2.43. The third kappa shape index (κ3) is 2.51. The van der Waals surface area contributed by atoms with Crippen molar-refractivity contribution in [2.24, 2.45) is 11.8 Å². The second-order valence-corrected chi connectivity index (χ2v) is 6.50. The van der Waals surface area contributed by atoms with Crippen molar-refractivity contribution in [3.05, 3.63) is 35.9 Å². The standard InChI is InChI=1S/C18H23NO3/c1-2-14(12-7-4-3-5-8-12)17(20)19-11-13-9-6-10-15(13)16(19)18(21)22/h3-5,7-8,13-16H,2,6,9-11H2,1H3,(H,21,22). The molecule has 1 heterocycles. The van der Waals surface area contributed by atoms with Crippen molar-refractivity contribution < 1.29 is 14.7 Å². The second kappa shape index (κ2) is 6.11. The molecule has 1 aromatic carbocycles. The Hall–Kier alpha value is -1.84. The maximum Gasteiger partial charge on any atom is 0.326 e. The van der Waals surface area contributed by atoms with Gasteiger partial charge in [0.1, 0.15) is 6.04 Å². The van der Waals surface area contributed by atoms with Crippen molar-refractivity contribution in [2.45, 2.75) is 44.6 Å². The summed E-state index contributed by atoms with van der Waals surface area (Å²) in [5.74, 6) is -0.573. The molecule has 0 bridgehead atoms. The monoisotopic (exact) mass is 301 g/mol. The third-order valence-corrected chi connectivity index (χ3v) is 5.33. The van der Waals surface area contributed by atoms with Gasteiger partial charge in [-0.1, -0.05) is 43.7 Å². The summed E-state index contributed by atoms with van der Waals surface area (Å²) in [4.78, 5) is 26.3. The van der Waals surface area contributed by atoms with E-state index in [2.05, 4.69) is 0 Å². The molecule has 2 aliphatic rings. The van der Waals surface area contributed by atoms with Crippen molar-refractivity contribution in [2.75, 3.05) is 6.54 Å². The van der Waals surface area contributed by atoms with Crippen LogP contribution in [0.3, 0.4) is 0 Å². The Kier molecular flexibility index (Phi) is 4.19. The summed E-state index contributed by atoms with van der Waals surface area (Å²) >= 11 is 0. The topological polar surface area (TPSA) is 57.6 Å². The first-order valence-corrected chi connectivity index (χ1v) is 8.21. The first-order chi connectivity index (χ1) is 10.6. The minimum Gasteiger partial charge on any atom is -0.480 e. The van der Waals surface area contributed by atoms with Crippen LogP contribution in [0.2, 0.25) is 0 Å². The van der Waals surface area contributed by atoms with Crippen LogP contribution < -0.4 is 0 Å². The van der Waals surface area contributed by atoms with Gasteiger partial charge in [0, 0.05) is 6.54 Å². The van der Waals surface area contributed by atoms with E-state index in [0.29, 0.717) is 18.9 Å². The van der Waals surface area contributed by atoms with Gasteiger partial charge in [-0.3, -0.25) is 4.79 Å². The first-order valence-electron chi connectivity index (χ1n) is 8.21. The van der Waals surface area contributed by atoms with Crippen LogP contribution in [0.5, 0.6) is 0 Å². The number of aliphatic carboxylic acids is 1. The molecule has 1 N–H and O–H groups in total. The van der Waals surface area contributed by atoms with Gasteiger partial charge in [0.25, 0.3) is 0 Å². The predicted octanol–water partition coefficient (Wildman–Crippen LogP) is 2.89. The van der Waals surface area contributed by atoms with Crippen molar-refractivity contribution in [3.8, 4) is 0 Å². The molecule has 118 valence electrons. The molecule has 1 saturated heterocycles. The maximum absolute atomic E-state index is 13.0. The largest absolute Gasteiger partial charge is 0.480 e. The molecule has 22 heavy (non-hydrogen) atoms. The molecule has 4 nitrogen and oxygen atoms in total. The van der Waals surface area contributed by atoms with E-state index in [0.717, 1.165) is 24.8 Å². The number of nitrogens with zero attached hydrogens (tertiary/aromatic N) is 1. The lowest BCUT2D eigenvalue weighted by atomic mass is 9.93. The molecule has 1 aromatic rings. The van der Waals surface area contributed by atoms with Crippen LogP contribution in [0.1, 0.15) is 44.1 Å². The Morgan fingerprint density at radius 3 is 2.64 bits per heavy atom. The molecule has 4 atom stereocenters. The number of benzene rings is 1. The number of rotatable bonds is 4. The normalized spacial score (nSPS) is 28.4. The lowest BCUT2D eigenvalue weighted by Gasteiger charge is -2.28. The van der Waals surface area contributed by atoms with Gasteiger partial charge in [0.2, 0.25) is 5.91 Å². The summed E-state index contributed by atoms with van der Waals surface area (Å²) in [6.45, 7) is 2.60. The molecule has 1 saturated carbocycles. The highest BCUT2D eigenvalue weighted by Gasteiger charge is 2.50. The van der Waals surface area contributed by atoms with Crippen molar-refractivity contribution in [3.63, 3.8) is 0 Å². The highest BCUT2D eigenvalue weighted by atomic mass is 16.4. The Morgan fingerprint density at radius 2 is 2.00 bits per heavy atom. The van der Waals surface area contributed by atoms with Crippen molar-refractivity contribution in [1.82, 2.24) is 4.90 Å². The molecular formula is C18H23NO3. The van der Waals surface area contributed by atoms with Crippen molar-refractivity contribution >= 4 is 11.9 Å². The molecule has 4 unspecified atom stereocenters. The molecule has 0 spiro atoms. The molecule has 3 rings (SSSR count). The zero-order valence-electron chi connectivity index (χ0n) is 12.9. The number of carbonyl (C=O) groups excluding carboxylic acids is 1. The molecular weight excluding hydrogens is 278 g/mol. The van der Waals surface area contributed by atoms with Crippen LogP contribution in [0.15, 0.2) is 30.3 Å². The van der Waals surface area contributed by atoms with Crippen molar-refractivity contribution in [1.29, 1.82) is 0 Å². The van der Waals surface area contributed by atoms with Gasteiger partial charge in [-0.05, 0) is 36.7 Å². The lowest BCUT2D eigenvalue weighted by Crippen LogP contribution is -2.45. The average Bonchev–Trinajstić information content (AvgIpc) is 3.08. The third-order valence-electron chi connectivity index (χ3n) is 5.33. The summed E-state index contributed by atoms with van der Waals surface area (Å²) in [5.41, 5.74) is 0.983. The maximum atomic E-state index is 13.0. The van der Waals surface area contributed by atoms with Crippen LogP contribution in [0.4, 0.5) is 0 Å². The minimum atomic E-state index is -0.842. The van der Waals surface area contributed by atoms with E-state index in [1.165, 1.54) is 0 Å². The number of hydrogen-bond donors (Lipinski definition) is 1. The summed E-state index contributed by atoms with van der Waals surface area (Å²) in [6, 6.07) is 9.08. The summed E-state index contributed by atoms with van der Waals surface area (Å²) in [6.07, 6.45) is 3.78. The lowest BCUT2D eigenvalue weighted by molar-refractivity contribution is -0.150. The zero-order valence-corrected chi connectivity index (χ0v) is 12.9. The van der Waals surface area contributed by atoms with E-state index in [9.17, 15) is 14.7 Å². The number of likely N-dealkylation sites (tertiary alicyclic amines) is 1. The Balaban J connectivity index is 1.85. The highest BCUT2D eigenvalue weighted by molar-refractivity contribution is 5.89.